The van der Waals surface area contributed by atoms with Crippen LogP contribution in [0.3, 0.4) is 0 Å². The summed E-state index contributed by atoms with van der Waals surface area (Å²) in [5, 5.41) is 17.6. The third kappa shape index (κ3) is 1.76. The van der Waals surface area contributed by atoms with Gasteiger partial charge in [0.2, 0.25) is 0 Å². The van der Waals surface area contributed by atoms with Crippen LogP contribution in [0.1, 0.15) is 6.42 Å². The molecule has 9 heteroatoms. The van der Waals surface area contributed by atoms with E-state index in [1.807, 2.05) is 0 Å². The van der Waals surface area contributed by atoms with Gasteiger partial charge in [0.1, 0.15) is 24.3 Å². The molecule has 0 unspecified atom stereocenters. The third-order valence-electron chi connectivity index (χ3n) is 3.12. The average molecular weight is 286 g/mol. The van der Waals surface area contributed by atoms with Crippen molar-refractivity contribution in [2.24, 2.45) is 0 Å². The first kappa shape index (κ1) is 12.5. The fourth-order valence-corrected chi connectivity index (χ4v) is 2.50. The minimum Gasteiger partial charge on any atom is -0.394 e. The van der Waals surface area contributed by atoms with Crippen molar-refractivity contribution in [2.45, 2.75) is 23.8 Å². The molecule has 1 aliphatic rings. The number of anilines is 1. The van der Waals surface area contributed by atoms with Crippen LogP contribution in [-0.2, 0) is 9.92 Å². The molecule has 2 aromatic heterocycles. The van der Waals surface area contributed by atoms with Crippen molar-refractivity contribution in [2.75, 3.05) is 12.3 Å². The van der Waals surface area contributed by atoms with E-state index in [1.165, 1.54) is 17.2 Å². The highest BCUT2D eigenvalue weighted by molar-refractivity contribution is 6.22. The topological polar surface area (TPSA) is 119 Å². The molecule has 102 valence electrons. The van der Waals surface area contributed by atoms with Crippen LogP contribution in [0.4, 0.5) is 5.82 Å². The highest BCUT2D eigenvalue weighted by Crippen LogP contribution is 2.40. The summed E-state index contributed by atoms with van der Waals surface area (Å²) in [5.41, 5.74) is 6.43. The van der Waals surface area contributed by atoms with Crippen LogP contribution in [0.15, 0.2) is 12.7 Å². The summed E-state index contributed by atoms with van der Waals surface area (Å²) < 4.78 is 6.88. The number of hydrogen-bond acceptors (Lipinski definition) is 7. The Morgan fingerprint density at radius 3 is 3.00 bits per heavy atom. The second-order valence-electron chi connectivity index (χ2n) is 4.33. The lowest BCUT2D eigenvalue weighted by atomic mass is 10.2. The lowest BCUT2D eigenvalue weighted by Gasteiger charge is -2.26. The standard InChI is InChI=1S/C10H12ClN5O3/c11-10(6(18)1-5(2-17)19-10)16-4-15-7-8(12)13-3-14-9(7)16/h3-6,17-18H,1-2H2,(H2,12,13,14)/t5-,6+,10+/m0/s1. The monoisotopic (exact) mass is 285 g/mol. The normalized spacial score (nSPS) is 31.1. The van der Waals surface area contributed by atoms with Crippen LogP contribution in [0, 0.1) is 0 Å². The van der Waals surface area contributed by atoms with Crippen molar-refractivity contribution in [3.05, 3.63) is 12.7 Å². The molecular formula is C10H12ClN5O3. The SMILES string of the molecule is Nc1ncnc2c1ncn2[C@@]1(Cl)O[C@H](CO)C[C@H]1O. The Morgan fingerprint density at radius 1 is 1.53 bits per heavy atom. The molecule has 1 aliphatic heterocycles. The summed E-state index contributed by atoms with van der Waals surface area (Å²) in [6.07, 6.45) is 1.34. The van der Waals surface area contributed by atoms with Gasteiger partial charge in [-0.2, -0.15) is 0 Å². The molecule has 1 saturated heterocycles. The lowest BCUT2D eigenvalue weighted by Crippen LogP contribution is -2.37. The molecule has 0 saturated carbocycles. The molecule has 0 aliphatic carbocycles. The largest absolute Gasteiger partial charge is 0.394 e. The molecule has 0 radical (unpaired) electrons. The molecular weight excluding hydrogens is 274 g/mol. The number of aliphatic hydroxyl groups is 2. The van der Waals surface area contributed by atoms with E-state index in [4.69, 9.17) is 27.2 Å². The molecule has 0 spiro atoms. The molecule has 3 rings (SSSR count). The van der Waals surface area contributed by atoms with Crippen LogP contribution >= 0.6 is 11.6 Å². The lowest BCUT2D eigenvalue weighted by molar-refractivity contribution is -0.0833. The molecule has 1 fully saturated rings. The van der Waals surface area contributed by atoms with Gasteiger partial charge in [-0.1, -0.05) is 11.6 Å². The second-order valence-corrected chi connectivity index (χ2v) is 4.87. The maximum atomic E-state index is 10.1. The first-order valence-corrected chi connectivity index (χ1v) is 6.03. The zero-order valence-corrected chi connectivity index (χ0v) is 10.5. The number of imidazole rings is 1. The van der Waals surface area contributed by atoms with Crippen LogP contribution in [0.25, 0.3) is 11.2 Å². The van der Waals surface area contributed by atoms with Crippen LogP contribution < -0.4 is 5.73 Å². The molecule has 0 amide bonds. The first-order valence-electron chi connectivity index (χ1n) is 5.66. The summed E-state index contributed by atoms with van der Waals surface area (Å²) in [5.74, 6) is 0.218. The number of rotatable bonds is 2. The predicted octanol–water partition coefficient (Wildman–Crippen LogP) is -0.600. The zero-order valence-electron chi connectivity index (χ0n) is 9.77. The minimum atomic E-state index is -1.55. The van der Waals surface area contributed by atoms with Gasteiger partial charge in [0, 0.05) is 6.42 Å². The van der Waals surface area contributed by atoms with Crippen molar-refractivity contribution in [1.82, 2.24) is 19.5 Å². The van der Waals surface area contributed by atoms with Crippen molar-refractivity contribution in [3.8, 4) is 0 Å². The van der Waals surface area contributed by atoms with E-state index in [-0.39, 0.29) is 18.8 Å². The van der Waals surface area contributed by atoms with E-state index < -0.39 is 17.4 Å². The predicted molar refractivity (Wildman–Crippen MR) is 66.1 cm³/mol. The van der Waals surface area contributed by atoms with E-state index in [9.17, 15) is 5.11 Å². The number of nitrogens with zero attached hydrogens (tertiary/aromatic N) is 4. The van der Waals surface area contributed by atoms with E-state index >= 15 is 0 Å². The van der Waals surface area contributed by atoms with E-state index in [1.54, 1.807) is 0 Å². The summed E-state index contributed by atoms with van der Waals surface area (Å²) in [4.78, 5) is 11.9. The molecule has 4 N–H and O–H groups in total. The highest BCUT2D eigenvalue weighted by Gasteiger charge is 2.49. The van der Waals surface area contributed by atoms with Crippen molar-refractivity contribution in [3.63, 3.8) is 0 Å². The third-order valence-corrected chi connectivity index (χ3v) is 3.65. The molecule has 3 atom stereocenters. The maximum Gasteiger partial charge on any atom is 0.252 e. The highest BCUT2D eigenvalue weighted by atomic mass is 35.5. The quantitative estimate of drug-likeness (QED) is 0.630. The van der Waals surface area contributed by atoms with Crippen LogP contribution in [0.2, 0.25) is 0 Å². The van der Waals surface area contributed by atoms with Gasteiger partial charge in [-0.05, 0) is 0 Å². The Bertz CT molecular complexity index is 620. The number of aromatic nitrogens is 4. The number of alkyl halides is 1. The summed E-state index contributed by atoms with van der Waals surface area (Å²) in [7, 11) is 0. The Balaban J connectivity index is 2.12. The molecule has 2 aromatic rings. The second kappa shape index (κ2) is 4.27. The van der Waals surface area contributed by atoms with E-state index in [0.29, 0.717) is 11.2 Å². The minimum absolute atomic E-state index is 0.218. The Morgan fingerprint density at radius 2 is 2.32 bits per heavy atom. The number of nitrogens with two attached hydrogens (primary N) is 1. The summed E-state index contributed by atoms with van der Waals surface area (Å²) >= 11 is 6.33. The molecule has 3 heterocycles. The Labute approximate surface area is 112 Å². The summed E-state index contributed by atoms with van der Waals surface area (Å²) in [6, 6.07) is 0. The van der Waals surface area contributed by atoms with Gasteiger partial charge in [0.25, 0.3) is 5.18 Å². The van der Waals surface area contributed by atoms with Crippen molar-refractivity contribution < 1.29 is 14.9 Å². The van der Waals surface area contributed by atoms with E-state index in [2.05, 4.69) is 15.0 Å². The van der Waals surface area contributed by atoms with Gasteiger partial charge in [-0.25, -0.2) is 15.0 Å². The first-order chi connectivity index (χ1) is 9.06. The Hall–Kier alpha value is -1.48. The number of nitrogen functional groups attached to an aromatic ring is 1. The van der Waals surface area contributed by atoms with Gasteiger partial charge in [0.05, 0.1) is 12.7 Å². The van der Waals surface area contributed by atoms with Gasteiger partial charge in [-0.15, -0.1) is 0 Å². The van der Waals surface area contributed by atoms with Gasteiger partial charge >= 0.3 is 0 Å². The average Bonchev–Trinajstić information content (AvgIpc) is 2.94. The number of ether oxygens (including phenoxy) is 1. The summed E-state index contributed by atoms with van der Waals surface area (Å²) in [6.45, 7) is -0.227. The van der Waals surface area contributed by atoms with Gasteiger partial charge < -0.3 is 20.7 Å². The Kier molecular flexibility index (Phi) is 2.82. The van der Waals surface area contributed by atoms with Crippen molar-refractivity contribution >= 4 is 28.6 Å². The molecule has 8 nitrogen and oxygen atoms in total. The van der Waals surface area contributed by atoms with Gasteiger partial charge in [-0.3, -0.25) is 4.57 Å². The maximum absolute atomic E-state index is 10.1. The fourth-order valence-electron chi connectivity index (χ4n) is 2.16. The number of fused-ring (bicyclic) bond motifs is 1. The fraction of sp³-hybridized carbons (Fsp3) is 0.500. The molecule has 0 bridgehead atoms. The van der Waals surface area contributed by atoms with Crippen molar-refractivity contribution in [1.29, 1.82) is 0 Å². The van der Waals surface area contributed by atoms with Gasteiger partial charge in [0.15, 0.2) is 11.5 Å². The molecule has 0 aromatic carbocycles. The van der Waals surface area contributed by atoms with E-state index in [0.717, 1.165) is 0 Å². The smallest absolute Gasteiger partial charge is 0.252 e. The van der Waals surface area contributed by atoms with Crippen LogP contribution in [0.5, 0.6) is 0 Å². The molecule has 19 heavy (non-hydrogen) atoms. The van der Waals surface area contributed by atoms with Crippen LogP contribution in [-0.4, -0.2) is 48.5 Å². The number of hydrogen-bond donors (Lipinski definition) is 3. The zero-order chi connectivity index (χ0) is 13.6. The number of aliphatic hydroxyl groups excluding tert-OH is 2. The number of halogens is 1.